The number of benzene rings is 10. The van der Waals surface area contributed by atoms with Crippen LogP contribution in [0.1, 0.15) is 55.5 Å². The lowest BCUT2D eigenvalue weighted by atomic mass is 9.73. The Labute approximate surface area is 391 Å². The largest absolute Gasteiger partial charge is 0.454 e. The Morgan fingerprint density at radius 2 is 0.941 bits per heavy atom. The van der Waals surface area contributed by atoms with E-state index in [-0.39, 0.29) is 10.8 Å². The lowest BCUT2D eigenvalue weighted by Gasteiger charge is -2.42. The third kappa shape index (κ3) is 4.93. The lowest BCUT2D eigenvalue weighted by Crippen LogP contribution is -2.31. The number of nitrogens with zero attached hydrogens (tertiary/aromatic N) is 4. The summed E-state index contributed by atoms with van der Waals surface area (Å²) in [4.78, 5) is 8.77. The van der Waals surface area contributed by atoms with Gasteiger partial charge in [0.25, 0.3) is 0 Å². The highest BCUT2D eigenvalue weighted by atomic mass is 16.3. The highest BCUT2D eigenvalue weighted by Crippen LogP contribution is 2.59. The molecule has 2 aromatic heterocycles. The molecule has 2 aliphatic rings. The van der Waals surface area contributed by atoms with E-state index in [0.717, 1.165) is 122 Å². The third-order valence-electron chi connectivity index (χ3n) is 15.2. The second kappa shape index (κ2) is 13.4. The molecule has 6 heteroatoms. The van der Waals surface area contributed by atoms with Gasteiger partial charge in [-0.25, -0.2) is 4.85 Å². The average Bonchev–Trinajstić information content (AvgIpc) is 3.96. The van der Waals surface area contributed by atoms with Crippen LogP contribution in [0.4, 0.5) is 39.8 Å². The van der Waals surface area contributed by atoms with E-state index in [1.54, 1.807) is 0 Å². The van der Waals surface area contributed by atoms with E-state index in [1.165, 1.54) is 0 Å². The van der Waals surface area contributed by atoms with Crippen LogP contribution in [0.25, 0.3) is 81.0 Å². The van der Waals surface area contributed by atoms with Crippen molar-refractivity contribution in [1.82, 2.24) is 0 Å². The van der Waals surface area contributed by atoms with Gasteiger partial charge in [-0.2, -0.15) is 5.26 Å². The van der Waals surface area contributed by atoms with Gasteiger partial charge in [0.05, 0.1) is 41.0 Å². The SMILES string of the molecule is [C-]#[N+]c1cc(N2c3ccccc3C(C)(C)c3ccc4c(oc5ccc6ccccc6c54)c32)cc2c(C#N)cc(N3c4ccccc4C(C)(C)c4ccc5c(oc6ccc7ccccc7c65)c43)cc12. The Bertz CT molecular complexity index is 4050. The van der Waals surface area contributed by atoms with E-state index in [2.05, 4.69) is 206 Å². The van der Waals surface area contributed by atoms with Crippen molar-refractivity contribution in [2.75, 3.05) is 9.80 Å². The molecule has 0 N–H and O–H groups in total. The summed E-state index contributed by atoms with van der Waals surface area (Å²) < 4.78 is 13.9. The molecule has 68 heavy (non-hydrogen) atoms. The molecule has 12 aromatic rings. The van der Waals surface area contributed by atoms with Crippen molar-refractivity contribution in [3.63, 3.8) is 0 Å². The summed E-state index contributed by atoms with van der Waals surface area (Å²) in [5.41, 5.74) is 13.3. The van der Waals surface area contributed by atoms with Crippen LogP contribution in [0.2, 0.25) is 0 Å². The van der Waals surface area contributed by atoms with Gasteiger partial charge >= 0.3 is 0 Å². The molecule has 4 heterocycles. The molecule has 6 nitrogen and oxygen atoms in total. The number of rotatable bonds is 2. The molecule has 320 valence electrons. The zero-order chi connectivity index (χ0) is 45.8. The van der Waals surface area contributed by atoms with Crippen LogP contribution in [0, 0.1) is 17.9 Å². The third-order valence-corrected chi connectivity index (χ3v) is 15.2. The van der Waals surface area contributed by atoms with Crippen LogP contribution < -0.4 is 9.80 Å². The number of nitriles is 1. The van der Waals surface area contributed by atoms with Crippen LogP contribution in [0.15, 0.2) is 179 Å². The van der Waals surface area contributed by atoms with E-state index in [9.17, 15) is 5.26 Å². The second-order valence-corrected chi connectivity index (χ2v) is 19.4. The number of para-hydroxylation sites is 2. The van der Waals surface area contributed by atoms with Crippen molar-refractivity contribution in [2.45, 2.75) is 38.5 Å². The van der Waals surface area contributed by atoms with Crippen LogP contribution in [0.3, 0.4) is 0 Å². The summed E-state index contributed by atoms with van der Waals surface area (Å²) >= 11 is 0. The number of hydrogen-bond donors (Lipinski definition) is 0. The number of fused-ring (bicyclic) bond motifs is 17. The highest BCUT2D eigenvalue weighted by Gasteiger charge is 2.41. The van der Waals surface area contributed by atoms with E-state index >= 15 is 0 Å². The second-order valence-electron chi connectivity index (χ2n) is 19.4. The van der Waals surface area contributed by atoms with Crippen LogP contribution >= 0.6 is 0 Å². The summed E-state index contributed by atoms with van der Waals surface area (Å²) in [6.07, 6.45) is 0. The highest BCUT2D eigenvalue weighted by molar-refractivity contribution is 6.23. The summed E-state index contributed by atoms with van der Waals surface area (Å²) in [7, 11) is 0. The minimum absolute atomic E-state index is 0.377. The van der Waals surface area contributed by atoms with Crippen molar-refractivity contribution in [3.05, 3.63) is 209 Å². The van der Waals surface area contributed by atoms with Gasteiger partial charge in [0.15, 0.2) is 16.9 Å². The summed E-state index contributed by atoms with van der Waals surface area (Å²) in [6.45, 7) is 17.9. The van der Waals surface area contributed by atoms with Gasteiger partial charge in [-0.3, -0.25) is 0 Å². The van der Waals surface area contributed by atoms with E-state index < -0.39 is 0 Å². The normalized spacial score (nSPS) is 14.6. The molecule has 0 atom stereocenters. The van der Waals surface area contributed by atoms with Crippen LogP contribution in [-0.4, -0.2) is 0 Å². The first kappa shape index (κ1) is 38.4. The van der Waals surface area contributed by atoms with Gasteiger partial charge < -0.3 is 18.6 Å². The zero-order valence-corrected chi connectivity index (χ0v) is 37.8. The van der Waals surface area contributed by atoms with E-state index in [4.69, 9.17) is 15.4 Å². The molecule has 10 aromatic carbocycles. The molecule has 0 fully saturated rings. The molecule has 14 rings (SSSR count). The Kier molecular flexibility index (Phi) is 7.56. The summed E-state index contributed by atoms with van der Waals surface area (Å²) in [6, 6.07) is 62.0. The molecule has 0 unspecified atom stereocenters. The Morgan fingerprint density at radius 1 is 0.471 bits per heavy atom. The first-order chi connectivity index (χ1) is 33.1. The lowest BCUT2D eigenvalue weighted by molar-refractivity contribution is 0.624. The minimum Gasteiger partial charge on any atom is -0.454 e. The molecule has 0 amide bonds. The van der Waals surface area contributed by atoms with E-state index in [1.807, 2.05) is 12.1 Å². The van der Waals surface area contributed by atoms with Crippen LogP contribution in [0.5, 0.6) is 0 Å². The first-order valence-electron chi connectivity index (χ1n) is 23.1. The fourth-order valence-electron chi connectivity index (χ4n) is 12.0. The molecule has 0 spiro atoms. The van der Waals surface area contributed by atoms with E-state index in [0.29, 0.717) is 22.0 Å². The zero-order valence-electron chi connectivity index (χ0n) is 37.8. The van der Waals surface area contributed by atoms with Crippen molar-refractivity contribution in [1.29, 1.82) is 5.26 Å². The van der Waals surface area contributed by atoms with Crippen molar-refractivity contribution < 1.29 is 8.83 Å². The minimum atomic E-state index is -0.378. The van der Waals surface area contributed by atoms with Gasteiger partial charge in [0.2, 0.25) is 0 Å². The summed E-state index contributed by atoms with van der Waals surface area (Å²) in [5.74, 6) is 0. The molecule has 0 bridgehead atoms. The fourth-order valence-corrected chi connectivity index (χ4v) is 12.0. The molecular weight excluding hydrogens is 833 g/mol. The maximum Gasteiger partial charge on any atom is 0.197 e. The van der Waals surface area contributed by atoms with Gasteiger partial charge in [-0.1, -0.05) is 149 Å². The molecule has 0 saturated heterocycles. The predicted octanol–water partition coefficient (Wildman–Crippen LogP) is 17.6. The fraction of sp³-hybridized carbons (Fsp3) is 0.0968. The quantitative estimate of drug-likeness (QED) is 0.162. The predicted molar refractivity (Wildman–Crippen MR) is 278 cm³/mol. The topological polar surface area (TPSA) is 60.9 Å². The van der Waals surface area contributed by atoms with Gasteiger partial charge in [-0.05, 0) is 103 Å². The van der Waals surface area contributed by atoms with Crippen molar-refractivity contribution >= 4 is 116 Å². The van der Waals surface area contributed by atoms with Gasteiger partial charge in [0, 0.05) is 43.7 Å². The Balaban J connectivity index is 1.03. The average molecular weight is 873 g/mol. The molecule has 0 aliphatic carbocycles. The number of anilines is 6. The maximum absolute atomic E-state index is 11.3. The standard InChI is InChI=1S/C62H40N4O2/c1-61(2)46-18-10-12-20-51(46)65(57-48(61)26-24-42-55-40-16-8-6-14-35(40)22-28-53(55)67-59(42)57)38-30-37(34-63)44-31-39(33-50(64-5)45(44)32-38)66-52-21-13-11-19-47(52)62(3,4)49-27-25-43-56-41-17-9-7-15-36(41)23-29-54(56)68-60(43)58(49)66/h6-33H,1-4H3. The monoisotopic (exact) mass is 872 g/mol. The Morgan fingerprint density at radius 3 is 1.46 bits per heavy atom. The van der Waals surface area contributed by atoms with Gasteiger partial charge in [-0.15, -0.1) is 0 Å². The smallest absolute Gasteiger partial charge is 0.197 e. The Hall–Kier alpha value is -8.84. The maximum atomic E-state index is 11.3. The van der Waals surface area contributed by atoms with Gasteiger partial charge in [0.1, 0.15) is 11.2 Å². The number of furan rings is 2. The molecule has 0 saturated carbocycles. The summed E-state index contributed by atoms with van der Waals surface area (Å²) in [5, 5.41) is 21.5. The van der Waals surface area contributed by atoms with Crippen LogP contribution in [-0.2, 0) is 10.8 Å². The molecular formula is C62H40N4O2. The number of hydrogen-bond acceptors (Lipinski definition) is 5. The molecule has 0 radical (unpaired) electrons. The molecule has 2 aliphatic heterocycles. The first-order valence-corrected chi connectivity index (χ1v) is 23.1. The van der Waals surface area contributed by atoms with Crippen molar-refractivity contribution in [3.8, 4) is 6.07 Å². The van der Waals surface area contributed by atoms with Crippen molar-refractivity contribution in [2.24, 2.45) is 0 Å².